The van der Waals surface area contributed by atoms with Crippen molar-refractivity contribution in [1.29, 1.82) is 0 Å². The van der Waals surface area contributed by atoms with E-state index >= 15 is 0 Å². The van der Waals surface area contributed by atoms with Crippen molar-refractivity contribution in [1.82, 2.24) is 20.2 Å². The molecule has 0 unspecified atom stereocenters. The number of halogens is 2. The first-order valence-corrected chi connectivity index (χ1v) is 9.39. The molecular formula is C18H17ClFN5OS. The molecule has 27 heavy (non-hydrogen) atoms. The summed E-state index contributed by atoms with van der Waals surface area (Å²) < 4.78 is 14.9. The molecule has 0 aliphatic carbocycles. The smallest absolute Gasteiger partial charge is 0.237 e. The van der Waals surface area contributed by atoms with Crippen LogP contribution in [0.2, 0.25) is 5.02 Å². The Morgan fingerprint density at radius 2 is 2.04 bits per heavy atom. The highest BCUT2D eigenvalue weighted by molar-refractivity contribution is 8.00. The number of benzene rings is 2. The van der Waals surface area contributed by atoms with Gasteiger partial charge in [0.25, 0.3) is 0 Å². The van der Waals surface area contributed by atoms with Crippen molar-refractivity contribution in [3.8, 4) is 5.69 Å². The molecule has 1 amide bonds. The number of nitrogens with zero attached hydrogens (tertiary/aromatic N) is 4. The van der Waals surface area contributed by atoms with Crippen LogP contribution in [-0.2, 0) is 4.79 Å². The number of carbonyl (C=O) groups is 1. The van der Waals surface area contributed by atoms with Gasteiger partial charge in [-0.1, -0.05) is 35.5 Å². The molecule has 0 saturated carbocycles. The van der Waals surface area contributed by atoms with Crippen LogP contribution in [0.1, 0.15) is 18.1 Å². The molecule has 2 aromatic carbocycles. The molecule has 0 radical (unpaired) electrons. The Labute approximate surface area is 165 Å². The standard InChI is InChI=1S/C18H17ClFN5OS/c1-10-4-5-11(2)16(8-10)25-18(22-23-24-25)27-12(3)17(26)21-13-6-7-15(20)14(19)9-13/h4-9,12H,1-3H3,(H,21,26)/t12-/m0/s1. The molecular weight excluding hydrogens is 389 g/mol. The summed E-state index contributed by atoms with van der Waals surface area (Å²) in [5.74, 6) is -0.803. The van der Waals surface area contributed by atoms with Crippen LogP contribution >= 0.6 is 23.4 Å². The van der Waals surface area contributed by atoms with Crippen molar-refractivity contribution in [2.75, 3.05) is 5.32 Å². The molecule has 140 valence electrons. The molecule has 0 spiro atoms. The third kappa shape index (κ3) is 4.45. The molecule has 1 heterocycles. The Morgan fingerprint density at radius 3 is 2.78 bits per heavy atom. The van der Waals surface area contributed by atoms with Crippen LogP contribution in [0.3, 0.4) is 0 Å². The highest BCUT2D eigenvalue weighted by atomic mass is 35.5. The number of nitrogens with one attached hydrogen (secondary N) is 1. The van der Waals surface area contributed by atoms with E-state index in [4.69, 9.17) is 11.6 Å². The van der Waals surface area contributed by atoms with Crippen molar-refractivity contribution in [3.63, 3.8) is 0 Å². The summed E-state index contributed by atoms with van der Waals surface area (Å²) in [5.41, 5.74) is 3.39. The van der Waals surface area contributed by atoms with Gasteiger partial charge in [-0.25, -0.2) is 4.39 Å². The minimum Gasteiger partial charge on any atom is -0.325 e. The average molecular weight is 406 g/mol. The first-order valence-electron chi connectivity index (χ1n) is 8.13. The zero-order valence-corrected chi connectivity index (χ0v) is 16.5. The number of rotatable bonds is 5. The van der Waals surface area contributed by atoms with Crippen LogP contribution in [0.4, 0.5) is 10.1 Å². The molecule has 1 N–H and O–H groups in total. The molecule has 0 aliphatic heterocycles. The van der Waals surface area contributed by atoms with E-state index in [0.29, 0.717) is 10.8 Å². The minimum absolute atomic E-state index is 0.0491. The fraction of sp³-hybridized carbons (Fsp3) is 0.222. The zero-order chi connectivity index (χ0) is 19.6. The Bertz CT molecular complexity index is 994. The normalized spacial score (nSPS) is 12.0. The number of hydrogen-bond acceptors (Lipinski definition) is 5. The van der Waals surface area contributed by atoms with Gasteiger partial charge < -0.3 is 5.32 Å². The summed E-state index contributed by atoms with van der Waals surface area (Å²) in [6, 6.07) is 10.0. The van der Waals surface area contributed by atoms with Crippen molar-refractivity contribution in [2.45, 2.75) is 31.2 Å². The fourth-order valence-corrected chi connectivity index (χ4v) is 3.36. The van der Waals surface area contributed by atoms with E-state index in [1.54, 1.807) is 11.6 Å². The SMILES string of the molecule is Cc1ccc(C)c(-n2nnnc2S[C@@H](C)C(=O)Nc2ccc(F)c(Cl)c2)c1. The first-order chi connectivity index (χ1) is 12.8. The van der Waals surface area contributed by atoms with Crippen molar-refractivity contribution in [3.05, 3.63) is 58.4 Å². The van der Waals surface area contributed by atoms with E-state index in [-0.39, 0.29) is 10.9 Å². The van der Waals surface area contributed by atoms with Crippen LogP contribution in [0.15, 0.2) is 41.6 Å². The molecule has 0 fully saturated rings. The molecule has 3 rings (SSSR count). The maximum Gasteiger partial charge on any atom is 0.237 e. The van der Waals surface area contributed by atoms with Crippen LogP contribution in [0, 0.1) is 19.7 Å². The molecule has 3 aromatic rings. The lowest BCUT2D eigenvalue weighted by Gasteiger charge is -2.13. The van der Waals surface area contributed by atoms with Crippen LogP contribution in [-0.4, -0.2) is 31.4 Å². The summed E-state index contributed by atoms with van der Waals surface area (Å²) in [7, 11) is 0. The number of hydrogen-bond donors (Lipinski definition) is 1. The summed E-state index contributed by atoms with van der Waals surface area (Å²) in [4.78, 5) is 12.5. The van der Waals surface area contributed by atoms with Gasteiger partial charge in [-0.3, -0.25) is 4.79 Å². The second kappa shape index (κ2) is 8.06. The molecule has 0 bridgehead atoms. The Hall–Kier alpha value is -2.45. The number of tetrazole rings is 1. The Balaban J connectivity index is 1.75. The van der Waals surface area contributed by atoms with E-state index in [1.807, 2.05) is 32.0 Å². The largest absolute Gasteiger partial charge is 0.325 e. The molecule has 1 atom stereocenters. The van der Waals surface area contributed by atoms with Gasteiger partial charge in [-0.2, -0.15) is 4.68 Å². The Morgan fingerprint density at radius 1 is 1.26 bits per heavy atom. The van der Waals surface area contributed by atoms with E-state index in [0.717, 1.165) is 16.8 Å². The summed E-state index contributed by atoms with van der Waals surface area (Å²) in [5, 5.41) is 14.5. The predicted molar refractivity (Wildman–Crippen MR) is 104 cm³/mol. The number of carbonyl (C=O) groups excluding carboxylic acids is 1. The van der Waals surface area contributed by atoms with Gasteiger partial charge >= 0.3 is 0 Å². The lowest BCUT2D eigenvalue weighted by atomic mass is 10.1. The molecule has 0 saturated heterocycles. The fourth-order valence-electron chi connectivity index (χ4n) is 2.38. The van der Waals surface area contributed by atoms with Gasteiger partial charge in [-0.15, -0.1) is 5.10 Å². The zero-order valence-electron chi connectivity index (χ0n) is 14.9. The van der Waals surface area contributed by atoms with Crippen LogP contribution in [0.25, 0.3) is 5.69 Å². The highest BCUT2D eigenvalue weighted by Gasteiger charge is 2.20. The molecule has 1 aromatic heterocycles. The van der Waals surface area contributed by atoms with E-state index in [2.05, 4.69) is 20.8 Å². The van der Waals surface area contributed by atoms with Gasteiger partial charge in [0, 0.05) is 5.69 Å². The van der Waals surface area contributed by atoms with Crippen molar-refractivity contribution >= 4 is 35.0 Å². The van der Waals surface area contributed by atoms with Gasteiger partial charge in [0.15, 0.2) is 0 Å². The lowest BCUT2D eigenvalue weighted by molar-refractivity contribution is -0.115. The van der Waals surface area contributed by atoms with Gasteiger partial charge in [0.05, 0.1) is 16.0 Å². The molecule has 0 aliphatic rings. The minimum atomic E-state index is -0.537. The first kappa shape index (κ1) is 19.3. The van der Waals surface area contributed by atoms with Crippen LogP contribution < -0.4 is 5.32 Å². The maximum absolute atomic E-state index is 13.2. The molecule has 9 heteroatoms. The average Bonchev–Trinajstić information content (AvgIpc) is 3.08. The predicted octanol–water partition coefficient (Wildman–Crippen LogP) is 4.19. The monoisotopic (exact) mass is 405 g/mol. The topological polar surface area (TPSA) is 72.7 Å². The van der Waals surface area contributed by atoms with Crippen molar-refractivity contribution in [2.24, 2.45) is 0 Å². The van der Waals surface area contributed by atoms with Gasteiger partial charge in [-0.05, 0) is 66.6 Å². The third-order valence-corrected chi connectivity index (χ3v) is 5.19. The van der Waals surface area contributed by atoms with Gasteiger partial charge in [0.2, 0.25) is 11.1 Å². The number of anilines is 1. The summed E-state index contributed by atoms with van der Waals surface area (Å²) in [6.45, 7) is 5.70. The lowest BCUT2D eigenvalue weighted by Crippen LogP contribution is -2.23. The maximum atomic E-state index is 13.2. The summed E-state index contributed by atoms with van der Waals surface area (Å²) in [6.07, 6.45) is 0. The number of aromatic nitrogens is 4. The van der Waals surface area contributed by atoms with Crippen LogP contribution in [0.5, 0.6) is 0 Å². The highest BCUT2D eigenvalue weighted by Crippen LogP contribution is 2.26. The second-order valence-electron chi connectivity index (χ2n) is 6.04. The second-order valence-corrected chi connectivity index (χ2v) is 7.76. The van der Waals surface area contributed by atoms with E-state index < -0.39 is 11.1 Å². The van der Waals surface area contributed by atoms with E-state index in [1.165, 1.54) is 30.0 Å². The summed E-state index contributed by atoms with van der Waals surface area (Å²) >= 11 is 6.98. The third-order valence-electron chi connectivity index (χ3n) is 3.87. The Kier molecular flexibility index (Phi) is 5.76. The van der Waals surface area contributed by atoms with Crippen molar-refractivity contribution < 1.29 is 9.18 Å². The molecule has 6 nitrogen and oxygen atoms in total. The van der Waals surface area contributed by atoms with Gasteiger partial charge in [0.1, 0.15) is 5.82 Å². The number of aryl methyl sites for hydroxylation is 2. The quantitative estimate of drug-likeness (QED) is 0.644. The number of amides is 1. The van der Waals surface area contributed by atoms with E-state index in [9.17, 15) is 9.18 Å². The number of thioether (sulfide) groups is 1.